The molecule has 1 amide bonds. The van der Waals surface area contributed by atoms with Crippen LogP contribution in [0.2, 0.25) is 0 Å². The van der Waals surface area contributed by atoms with Gasteiger partial charge in [0, 0.05) is 25.4 Å². The van der Waals surface area contributed by atoms with Gasteiger partial charge in [-0.1, -0.05) is 6.92 Å². The molecular weight excluding hydrogens is 385 g/mol. The van der Waals surface area contributed by atoms with Crippen molar-refractivity contribution in [2.24, 2.45) is 7.05 Å². The molecule has 5 rings (SSSR count). The van der Waals surface area contributed by atoms with Crippen LogP contribution in [0.1, 0.15) is 35.0 Å². The van der Waals surface area contributed by atoms with E-state index in [9.17, 15) is 4.79 Å². The molecule has 0 aliphatic carbocycles. The number of nitrogens with zero attached hydrogens (tertiary/aromatic N) is 4. The lowest BCUT2D eigenvalue weighted by molar-refractivity contribution is 0.0820. The fourth-order valence-electron chi connectivity index (χ4n) is 4.30. The average molecular weight is 409 g/mol. The normalized spacial score (nSPS) is 21.0. The molecule has 0 bridgehead atoms. The zero-order valence-electron chi connectivity index (χ0n) is 17.1. The van der Waals surface area contributed by atoms with E-state index in [2.05, 4.69) is 10.4 Å². The molecule has 2 aliphatic heterocycles. The van der Waals surface area contributed by atoms with E-state index in [0.717, 1.165) is 34.4 Å². The van der Waals surface area contributed by atoms with Gasteiger partial charge in [-0.15, -0.1) is 0 Å². The number of piperidine rings is 1. The van der Waals surface area contributed by atoms with E-state index in [0.29, 0.717) is 30.8 Å². The fourth-order valence-corrected chi connectivity index (χ4v) is 4.30. The third-order valence-corrected chi connectivity index (χ3v) is 5.99. The molecule has 1 fully saturated rings. The van der Waals surface area contributed by atoms with Crippen molar-refractivity contribution in [3.8, 4) is 5.75 Å². The molecule has 2 atom stereocenters. The first kappa shape index (κ1) is 18.8. The van der Waals surface area contributed by atoms with Crippen molar-refractivity contribution in [3.63, 3.8) is 0 Å². The highest BCUT2D eigenvalue weighted by molar-refractivity contribution is 5.98. The van der Waals surface area contributed by atoms with Crippen LogP contribution in [0.15, 0.2) is 30.5 Å². The summed E-state index contributed by atoms with van der Waals surface area (Å²) in [6.45, 7) is 3.33. The zero-order chi connectivity index (χ0) is 20.8. The van der Waals surface area contributed by atoms with Crippen LogP contribution in [-0.2, 0) is 20.0 Å². The second kappa shape index (κ2) is 7.27. The molecule has 2 aromatic heterocycles. The molecule has 0 saturated carbocycles. The first-order chi connectivity index (χ1) is 14.5. The Kier molecular flexibility index (Phi) is 4.56. The van der Waals surface area contributed by atoms with Gasteiger partial charge in [0.05, 0.1) is 36.1 Å². The van der Waals surface area contributed by atoms with Crippen LogP contribution in [-0.4, -0.2) is 46.0 Å². The van der Waals surface area contributed by atoms with Crippen LogP contribution >= 0.6 is 0 Å². The van der Waals surface area contributed by atoms with E-state index >= 15 is 4.39 Å². The molecule has 0 unspecified atom stereocenters. The number of alkyl halides is 1. The first-order valence-electron chi connectivity index (χ1n) is 10.3. The maximum absolute atomic E-state index is 15.1. The minimum Gasteiger partial charge on any atom is -0.487 e. The number of carbonyl (C=O) groups excluding carboxylic acids is 1. The van der Waals surface area contributed by atoms with Crippen molar-refractivity contribution in [1.29, 1.82) is 0 Å². The summed E-state index contributed by atoms with van der Waals surface area (Å²) in [5, 5.41) is 8.01. The molecule has 30 heavy (non-hydrogen) atoms. The topological polar surface area (TPSA) is 72.3 Å². The quantitative estimate of drug-likeness (QED) is 0.718. The van der Waals surface area contributed by atoms with E-state index in [1.165, 1.54) is 0 Å². The lowest BCUT2D eigenvalue weighted by atomic mass is 10.0. The molecule has 7 nitrogen and oxygen atoms in total. The van der Waals surface area contributed by atoms with Gasteiger partial charge in [0.25, 0.3) is 5.91 Å². The number of benzene rings is 1. The Morgan fingerprint density at radius 2 is 2.20 bits per heavy atom. The second-order valence-electron chi connectivity index (χ2n) is 7.90. The Hall–Kier alpha value is -3.16. The number of aromatic nitrogens is 3. The molecule has 3 aromatic rings. The molecular formula is C22H24FN5O2. The van der Waals surface area contributed by atoms with Crippen molar-refractivity contribution in [3.05, 3.63) is 47.3 Å². The molecule has 2 aliphatic rings. The third kappa shape index (κ3) is 3.16. The van der Waals surface area contributed by atoms with Gasteiger partial charge in [0.1, 0.15) is 17.7 Å². The van der Waals surface area contributed by atoms with Gasteiger partial charge in [-0.3, -0.25) is 9.48 Å². The minimum atomic E-state index is -1.14. The van der Waals surface area contributed by atoms with E-state index < -0.39 is 12.3 Å². The van der Waals surface area contributed by atoms with Gasteiger partial charge in [-0.2, -0.15) is 5.10 Å². The highest BCUT2D eigenvalue weighted by Crippen LogP contribution is 2.30. The Bertz CT molecular complexity index is 1130. The van der Waals surface area contributed by atoms with E-state index in [1.54, 1.807) is 10.9 Å². The van der Waals surface area contributed by atoms with Crippen molar-refractivity contribution in [2.45, 2.75) is 38.6 Å². The number of ether oxygens (including phenoxy) is 1. The van der Waals surface area contributed by atoms with Crippen molar-refractivity contribution in [2.75, 3.05) is 18.0 Å². The average Bonchev–Trinajstić information content (AvgIpc) is 3.30. The number of fused-ring (bicyclic) bond motifs is 2. The van der Waals surface area contributed by atoms with Gasteiger partial charge in [0.15, 0.2) is 6.17 Å². The van der Waals surface area contributed by atoms with Crippen molar-refractivity contribution in [1.82, 2.24) is 20.1 Å². The minimum absolute atomic E-state index is 0.0835. The monoisotopic (exact) mass is 409 g/mol. The molecule has 0 radical (unpaired) electrons. The molecule has 1 N–H and O–H groups in total. The summed E-state index contributed by atoms with van der Waals surface area (Å²) in [5.74, 6) is 1.36. The summed E-state index contributed by atoms with van der Waals surface area (Å²) < 4.78 is 22.9. The lowest BCUT2D eigenvalue weighted by Crippen LogP contribution is -2.47. The van der Waals surface area contributed by atoms with Crippen LogP contribution in [0.25, 0.3) is 10.9 Å². The summed E-state index contributed by atoms with van der Waals surface area (Å²) in [7, 11) is 1.89. The number of amides is 1. The maximum Gasteiger partial charge on any atom is 0.253 e. The summed E-state index contributed by atoms with van der Waals surface area (Å²) in [6.07, 6.45) is 1.44. The molecule has 0 spiro atoms. The SMILES string of the molecule is CCc1cc2c(nc1N1CC[C@@H](Oc3ccc4c(cnn4C)c3)[C@@H](F)C1)CNC2=O. The third-order valence-electron chi connectivity index (χ3n) is 5.99. The maximum atomic E-state index is 15.1. The van der Waals surface area contributed by atoms with Crippen LogP contribution < -0.4 is 15.0 Å². The Labute approximate surface area is 173 Å². The number of aryl methyl sites for hydroxylation is 2. The second-order valence-corrected chi connectivity index (χ2v) is 7.90. The number of carbonyl (C=O) groups is 1. The van der Waals surface area contributed by atoms with Crippen molar-refractivity contribution < 1.29 is 13.9 Å². The summed E-state index contributed by atoms with van der Waals surface area (Å²) in [6, 6.07) is 7.61. The van der Waals surface area contributed by atoms with Crippen LogP contribution in [0.4, 0.5) is 10.2 Å². The van der Waals surface area contributed by atoms with Crippen LogP contribution in [0.5, 0.6) is 5.75 Å². The number of hydrogen-bond acceptors (Lipinski definition) is 5. The summed E-state index contributed by atoms with van der Waals surface area (Å²) >= 11 is 0. The number of rotatable bonds is 4. The highest BCUT2D eigenvalue weighted by atomic mass is 19.1. The summed E-state index contributed by atoms with van der Waals surface area (Å²) in [5.41, 5.74) is 3.36. The number of halogens is 1. The highest BCUT2D eigenvalue weighted by Gasteiger charge is 2.33. The zero-order valence-corrected chi connectivity index (χ0v) is 17.1. The summed E-state index contributed by atoms with van der Waals surface area (Å²) in [4.78, 5) is 18.6. The fraction of sp³-hybridized carbons (Fsp3) is 0.409. The Balaban J connectivity index is 1.32. The molecule has 8 heteroatoms. The van der Waals surface area contributed by atoms with Gasteiger partial charge in [-0.05, 0) is 36.2 Å². The number of nitrogens with one attached hydrogen (secondary N) is 1. The Morgan fingerprint density at radius 1 is 1.33 bits per heavy atom. The van der Waals surface area contributed by atoms with Gasteiger partial charge < -0.3 is 15.0 Å². The molecule has 4 heterocycles. The largest absolute Gasteiger partial charge is 0.487 e. The van der Waals surface area contributed by atoms with Gasteiger partial charge in [-0.25, -0.2) is 9.37 Å². The van der Waals surface area contributed by atoms with Crippen molar-refractivity contribution >= 4 is 22.6 Å². The number of hydrogen-bond donors (Lipinski definition) is 1. The lowest BCUT2D eigenvalue weighted by Gasteiger charge is -2.36. The number of pyridine rings is 1. The van der Waals surface area contributed by atoms with Crippen LogP contribution in [0.3, 0.4) is 0 Å². The van der Waals surface area contributed by atoms with E-state index in [-0.39, 0.29) is 12.5 Å². The smallest absolute Gasteiger partial charge is 0.253 e. The van der Waals surface area contributed by atoms with Gasteiger partial charge >= 0.3 is 0 Å². The Morgan fingerprint density at radius 3 is 3.00 bits per heavy atom. The van der Waals surface area contributed by atoms with E-state index in [4.69, 9.17) is 9.72 Å². The van der Waals surface area contributed by atoms with Gasteiger partial charge in [0.2, 0.25) is 0 Å². The molecule has 1 saturated heterocycles. The first-order valence-corrected chi connectivity index (χ1v) is 10.3. The van der Waals surface area contributed by atoms with Crippen LogP contribution in [0, 0.1) is 0 Å². The molecule has 156 valence electrons. The molecule has 1 aromatic carbocycles. The number of anilines is 1. The van der Waals surface area contributed by atoms with E-state index in [1.807, 2.05) is 43.1 Å². The standard InChI is InChI=1S/C22H24FN5O2/c1-3-13-9-16-18(11-24-22(16)29)26-21(13)28-7-6-20(17(23)12-28)30-15-4-5-19-14(8-15)10-25-27(19)2/h4-5,8-10,17,20H,3,6-7,11-12H2,1-2H3,(H,24,29)/t17-,20+/m0/s1. The predicted molar refractivity (Wildman–Crippen MR) is 112 cm³/mol. The predicted octanol–water partition coefficient (Wildman–Crippen LogP) is 2.77.